The molecule has 0 spiro atoms. The summed E-state index contributed by atoms with van der Waals surface area (Å²) in [4.78, 5) is 14.7. The highest BCUT2D eigenvalue weighted by Crippen LogP contribution is 2.23. The van der Waals surface area contributed by atoms with Crippen molar-refractivity contribution >= 4 is 21.6 Å². The first kappa shape index (κ1) is 19.9. The summed E-state index contributed by atoms with van der Waals surface area (Å²) in [6.07, 6.45) is 3.48. The van der Waals surface area contributed by atoms with Gasteiger partial charge >= 0.3 is 0 Å². The van der Waals surface area contributed by atoms with Gasteiger partial charge in [0.05, 0.1) is 11.4 Å². The lowest BCUT2D eigenvalue weighted by Crippen LogP contribution is -2.36. The maximum atomic E-state index is 12.8. The number of rotatable bonds is 7. The van der Waals surface area contributed by atoms with E-state index in [1.165, 1.54) is 10.7 Å². The second-order valence-corrected chi connectivity index (χ2v) is 8.36. The standard InChI is InChI=1S/C18H29N3O3S/c1-4-21(5-2)25(23,24)17-13-16(10-9-15(17)3)19-18(22)14-20-11-7-6-8-12-20/h9-10,13H,4-8,11-12,14H2,1-3H3,(H,19,22). The molecule has 0 atom stereocenters. The van der Waals surface area contributed by atoms with Gasteiger partial charge in [-0.25, -0.2) is 8.42 Å². The lowest BCUT2D eigenvalue weighted by atomic mass is 10.1. The Labute approximate surface area is 151 Å². The zero-order chi connectivity index (χ0) is 18.4. The van der Waals surface area contributed by atoms with E-state index in [4.69, 9.17) is 0 Å². The highest BCUT2D eigenvalue weighted by Gasteiger charge is 2.24. The Morgan fingerprint density at radius 2 is 1.80 bits per heavy atom. The quantitative estimate of drug-likeness (QED) is 0.804. The van der Waals surface area contributed by atoms with E-state index in [1.54, 1.807) is 25.1 Å². The summed E-state index contributed by atoms with van der Waals surface area (Å²) in [5.41, 5.74) is 1.21. The van der Waals surface area contributed by atoms with Gasteiger partial charge in [-0.1, -0.05) is 26.3 Å². The van der Waals surface area contributed by atoms with Crippen molar-refractivity contribution < 1.29 is 13.2 Å². The van der Waals surface area contributed by atoms with Crippen LogP contribution in [0, 0.1) is 6.92 Å². The summed E-state index contributed by atoms with van der Waals surface area (Å²) >= 11 is 0. The number of carbonyl (C=O) groups is 1. The Kier molecular flexibility index (Phi) is 6.98. The van der Waals surface area contributed by atoms with E-state index in [0.717, 1.165) is 25.9 Å². The molecule has 25 heavy (non-hydrogen) atoms. The van der Waals surface area contributed by atoms with Crippen LogP contribution in [0.5, 0.6) is 0 Å². The fraction of sp³-hybridized carbons (Fsp3) is 0.611. The maximum Gasteiger partial charge on any atom is 0.243 e. The van der Waals surface area contributed by atoms with Crippen molar-refractivity contribution in [2.24, 2.45) is 0 Å². The maximum absolute atomic E-state index is 12.8. The van der Waals surface area contributed by atoms with Crippen LogP contribution in [0.3, 0.4) is 0 Å². The topological polar surface area (TPSA) is 69.7 Å². The number of nitrogens with one attached hydrogen (secondary N) is 1. The molecule has 140 valence electrons. The van der Waals surface area contributed by atoms with E-state index in [2.05, 4.69) is 10.2 Å². The van der Waals surface area contributed by atoms with Gasteiger partial charge in [-0.15, -0.1) is 0 Å². The number of amides is 1. The van der Waals surface area contributed by atoms with E-state index < -0.39 is 10.0 Å². The van der Waals surface area contributed by atoms with Crippen molar-refractivity contribution in [3.05, 3.63) is 23.8 Å². The van der Waals surface area contributed by atoms with E-state index in [-0.39, 0.29) is 10.8 Å². The number of anilines is 1. The molecule has 0 radical (unpaired) electrons. The Morgan fingerprint density at radius 1 is 1.16 bits per heavy atom. The molecule has 1 amide bonds. The first-order chi connectivity index (χ1) is 11.9. The van der Waals surface area contributed by atoms with Crippen molar-refractivity contribution in [2.75, 3.05) is 38.0 Å². The number of hydrogen-bond donors (Lipinski definition) is 1. The predicted molar refractivity (Wildman–Crippen MR) is 100 cm³/mol. The smallest absolute Gasteiger partial charge is 0.243 e. The Bertz CT molecular complexity index is 694. The van der Waals surface area contributed by atoms with Crippen LogP contribution in [0.25, 0.3) is 0 Å². The van der Waals surface area contributed by atoms with Crippen LogP contribution >= 0.6 is 0 Å². The molecule has 7 heteroatoms. The van der Waals surface area contributed by atoms with Gasteiger partial charge in [-0.3, -0.25) is 9.69 Å². The van der Waals surface area contributed by atoms with Gasteiger partial charge in [-0.05, 0) is 50.6 Å². The number of likely N-dealkylation sites (tertiary alicyclic amines) is 1. The largest absolute Gasteiger partial charge is 0.325 e. The van der Waals surface area contributed by atoms with E-state index in [0.29, 0.717) is 30.9 Å². The van der Waals surface area contributed by atoms with Crippen LogP contribution in [0.1, 0.15) is 38.7 Å². The average Bonchev–Trinajstić information content (AvgIpc) is 2.58. The third kappa shape index (κ3) is 5.03. The van der Waals surface area contributed by atoms with Crippen LogP contribution in [-0.4, -0.2) is 56.3 Å². The van der Waals surface area contributed by atoms with Crippen molar-refractivity contribution in [1.82, 2.24) is 9.21 Å². The van der Waals surface area contributed by atoms with Gasteiger partial charge in [0.25, 0.3) is 0 Å². The molecule has 0 unspecified atom stereocenters. The molecule has 1 saturated heterocycles. The molecule has 1 aromatic rings. The van der Waals surface area contributed by atoms with Crippen molar-refractivity contribution in [3.63, 3.8) is 0 Å². The van der Waals surface area contributed by atoms with Crippen molar-refractivity contribution in [1.29, 1.82) is 0 Å². The molecule has 0 bridgehead atoms. The molecule has 1 fully saturated rings. The van der Waals surface area contributed by atoms with Crippen LogP contribution in [0.4, 0.5) is 5.69 Å². The molecule has 1 aliphatic heterocycles. The second-order valence-electron chi connectivity index (χ2n) is 6.45. The lowest BCUT2D eigenvalue weighted by Gasteiger charge is -2.25. The molecule has 1 aromatic carbocycles. The zero-order valence-electron chi connectivity index (χ0n) is 15.4. The summed E-state index contributed by atoms with van der Waals surface area (Å²) in [5, 5.41) is 2.84. The predicted octanol–water partition coefficient (Wildman–Crippen LogP) is 2.45. The van der Waals surface area contributed by atoms with Crippen LogP contribution in [-0.2, 0) is 14.8 Å². The molecule has 0 aliphatic carbocycles. The summed E-state index contributed by atoms with van der Waals surface area (Å²) in [7, 11) is -3.55. The summed E-state index contributed by atoms with van der Waals surface area (Å²) < 4.78 is 27.0. The molecule has 1 heterocycles. The number of piperidine rings is 1. The molecular weight excluding hydrogens is 338 g/mol. The molecule has 0 saturated carbocycles. The van der Waals surface area contributed by atoms with Gasteiger partial charge in [0.15, 0.2) is 0 Å². The van der Waals surface area contributed by atoms with E-state index >= 15 is 0 Å². The first-order valence-corrected chi connectivity index (χ1v) is 10.5. The Hall–Kier alpha value is -1.44. The number of nitrogens with zero attached hydrogens (tertiary/aromatic N) is 2. The monoisotopic (exact) mass is 367 g/mol. The molecule has 1 aliphatic rings. The van der Waals surface area contributed by atoms with Crippen molar-refractivity contribution in [3.8, 4) is 0 Å². The highest BCUT2D eigenvalue weighted by atomic mass is 32.2. The minimum atomic E-state index is -3.55. The van der Waals surface area contributed by atoms with E-state index in [1.807, 2.05) is 13.8 Å². The number of sulfonamides is 1. The summed E-state index contributed by atoms with van der Waals surface area (Å²) in [6.45, 7) is 8.50. The second kappa shape index (κ2) is 8.78. The van der Waals surface area contributed by atoms with Gasteiger partial charge in [-0.2, -0.15) is 4.31 Å². The lowest BCUT2D eigenvalue weighted by molar-refractivity contribution is -0.117. The van der Waals surface area contributed by atoms with Crippen LogP contribution in [0.15, 0.2) is 23.1 Å². The van der Waals surface area contributed by atoms with Gasteiger partial charge < -0.3 is 5.32 Å². The molecule has 6 nitrogen and oxygen atoms in total. The van der Waals surface area contributed by atoms with Gasteiger partial charge in [0.1, 0.15) is 0 Å². The third-order valence-electron chi connectivity index (χ3n) is 4.61. The number of carbonyl (C=O) groups excluding carboxylic acids is 1. The summed E-state index contributed by atoms with van der Waals surface area (Å²) in [5.74, 6) is -0.100. The fourth-order valence-corrected chi connectivity index (χ4v) is 4.89. The SMILES string of the molecule is CCN(CC)S(=O)(=O)c1cc(NC(=O)CN2CCCCC2)ccc1C. The fourth-order valence-electron chi connectivity index (χ4n) is 3.18. The Balaban J connectivity index is 2.14. The number of benzene rings is 1. The number of aryl methyl sites for hydroxylation is 1. The minimum absolute atomic E-state index is 0.100. The van der Waals surface area contributed by atoms with Crippen LogP contribution < -0.4 is 5.32 Å². The normalized spacial score (nSPS) is 16.2. The third-order valence-corrected chi connectivity index (χ3v) is 6.80. The van der Waals surface area contributed by atoms with Crippen LogP contribution in [0.2, 0.25) is 0 Å². The number of hydrogen-bond acceptors (Lipinski definition) is 4. The highest BCUT2D eigenvalue weighted by molar-refractivity contribution is 7.89. The van der Waals surface area contributed by atoms with Gasteiger partial charge in [0.2, 0.25) is 15.9 Å². The zero-order valence-corrected chi connectivity index (χ0v) is 16.2. The summed E-state index contributed by atoms with van der Waals surface area (Å²) in [6, 6.07) is 5.06. The Morgan fingerprint density at radius 3 is 2.40 bits per heavy atom. The van der Waals surface area contributed by atoms with Crippen molar-refractivity contribution in [2.45, 2.75) is 44.9 Å². The van der Waals surface area contributed by atoms with E-state index in [9.17, 15) is 13.2 Å². The molecule has 0 aromatic heterocycles. The van der Waals surface area contributed by atoms with Gasteiger partial charge in [0, 0.05) is 18.8 Å². The molecule has 1 N–H and O–H groups in total. The molecule has 2 rings (SSSR count). The molecular formula is C18H29N3O3S. The average molecular weight is 368 g/mol. The first-order valence-electron chi connectivity index (χ1n) is 9.01. The minimum Gasteiger partial charge on any atom is -0.325 e.